The van der Waals surface area contributed by atoms with Gasteiger partial charge < -0.3 is 15.3 Å². The standard InChI is InChI=1S/C21H28F3N3O4S/c22-21(23,24)18-7-9-20(10-8-18)26-11-13-27(14-12-26)32(30,31)16-19(25-17-29)6-4-2-1-3-5-15-28/h7-10,17,19,28H,1-3,5,11-16H2,(H,25,29). The molecule has 0 saturated carbocycles. The van der Waals surface area contributed by atoms with Crippen LogP contribution in [0.3, 0.4) is 0 Å². The van der Waals surface area contributed by atoms with Gasteiger partial charge in [0.25, 0.3) is 0 Å². The number of amides is 1. The molecule has 1 aromatic carbocycles. The molecule has 1 aliphatic rings. The number of aliphatic hydroxyl groups is 1. The first-order valence-electron chi connectivity index (χ1n) is 10.4. The van der Waals surface area contributed by atoms with Gasteiger partial charge in [0, 0.05) is 44.9 Å². The molecule has 1 amide bonds. The molecule has 0 bridgehead atoms. The SMILES string of the molecule is O=CNC(C#CCCCCCO)CS(=O)(=O)N1CCN(c2ccc(C(F)(F)F)cc2)CC1. The van der Waals surface area contributed by atoms with Crippen molar-refractivity contribution in [1.29, 1.82) is 0 Å². The molecule has 1 aromatic rings. The van der Waals surface area contributed by atoms with Crippen LogP contribution in [0.1, 0.15) is 31.2 Å². The molecule has 178 valence electrons. The summed E-state index contributed by atoms with van der Waals surface area (Å²) in [6.07, 6.45) is -1.16. The molecule has 7 nitrogen and oxygen atoms in total. The van der Waals surface area contributed by atoms with Crippen molar-refractivity contribution < 1.29 is 31.5 Å². The van der Waals surface area contributed by atoms with Crippen molar-refractivity contribution in [3.63, 3.8) is 0 Å². The fourth-order valence-corrected chi connectivity index (χ4v) is 4.84. The summed E-state index contributed by atoms with van der Waals surface area (Å²) in [5.41, 5.74) is -0.131. The van der Waals surface area contributed by atoms with E-state index in [1.807, 2.05) is 4.90 Å². The molecule has 1 fully saturated rings. The van der Waals surface area contributed by atoms with Crippen LogP contribution in [0, 0.1) is 11.8 Å². The van der Waals surface area contributed by atoms with Crippen LogP contribution < -0.4 is 10.2 Å². The number of nitrogens with zero attached hydrogens (tertiary/aromatic N) is 2. The lowest BCUT2D eigenvalue weighted by Gasteiger charge is -2.35. The van der Waals surface area contributed by atoms with Crippen LogP contribution in [0.25, 0.3) is 0 Å². The van der Waals surface area contributed by atoms with Gasteiger partial charge in [-0.05, 0) is 37.1 Å². The Hall–Kier alpha value is -2.29. The molecule has 0 spiro atoms. The van der Waals surface area contributed by atoms with Gasteiger partial charge in [0.2, 0.25) is 16.4 Å². The summed E-state index contributed by atoms with van der Waals surface area (Å²) >= 11 is 0. The van der Waals surface area contributed by atoms with E-state index >= 15 is 0 Å². The van der Waals surface area contributed by atoms with Crippen molar-refractivity contribution in [1.82, 2.24) is 9.62 Å². The van der Waals surface area contributed by atoms with Gasteiger partial charge in [-0.2, -0.15) is 17.5 Å². The second-order valence-corrected chi connectivity index (χ2v) is 9.42. The predicted octanol–water partition coefficient (Wildman–Crippen LogP) is 1.83. The minimum Gasteiger partial charge on any atom is -0.396 e. The Labute approximate surface area is 186 Å². The van der Waals surface area contributed by atoms with Crippen molar-refractivity contribution in [2.75, 3.05) is 43.4 Å². The fourth-order valence-electron chi connectivity index (χ4n) is 3.31. The maximum absolute atomic E-state index is 12.8. The number of aliphatic hydroxyl groups excluding tert-OH is 1. The van der Waals surface area contributed by atoms with Gasteiger partial charge >= 0.3 is 6.18 Å². The number of hydrogen-bond donors (Lipinski definition) is 2. The van der Waals surface area contributed by atoms with Crippen molar-refractivity contribution >= 4 is 22.1 Å². The molecule has 1 saturated heterocycles. The first-order valence-corrected chi connectivity index (χ1v) is 12.0. The molecule has 1 unspecified atom stereocenters. The smallest absolute Gasteiger partial charge is 0.396 e. The second kappa shape index (κ2) is 12.1. The summed E-state index contributed by atoms with van der Waals surface area (Å²) in [5, 5.41) is 11.2. The third kappa shape index (κ3) is 8.00. The van der Waals surface area contributed by atoms with E-state index in [0.29, 0.717) is 38.0 Å². The van der Waals surface area contributed by atoms with Crippen molar-refractivity contribution in [2.45, 2.75) is 37.9 Å². The van der Waals surface area contributed by atoms with E-state index in [-0.39, 0.29) is 25.4 Å². The molecule has 0 aromatic heterocycles. The number of alkyl halides is 3. The lowest BCUT2D eigenvalue weighted by molar-refractivity contribution is -0.137. The van der Waals surface area contributed by atoms with E-state index in [1.54, 1.807) is 0 Å². The van der Waals surface area contributed by atoms with Crippen LogP contribution in [-0.4, -0.2) is 68.8 Å². The van der Waals surface area contributed by atoms with E-state index in [9.17, 15) is 26.4 Å². The molecule has 0 aliphatic carbocycles. The number of halogens is 3. The Balaban J connectivity index is 1.91. The van der Waals surface area contributed by atoms with E-state index in [4.69, 9.17) is 5.11 Å². The molecular weight excluding hydrogens is 447 g/mol. The highest BCUT2D eigenvalue weighted by molar-refractivity contribution is 7.89. The predicted molar refractivity (Wildman–Crippen MR) is 115 cm³/mol. The minimum atomic E-state index is -4.40. The minimum absolute atomic E-state index is 0.118. The zero-order chi connectivity index (χ0) is 23.6. The van der Waals surface area contributed by atoms with Gasteiger partial charge in [0.1, 0.15) is 6.04 Å². The second-order valence-electron chi connectivity index (χ2n) is 7.40. The summed E-state index contributed by atoms with van der Waals surface area (Å²) in [4.78, 5) is 12.7. The molecule has 1 atom stereocenters. The largest absolute Gasteiger partial charge is 0.416 e. The summed E-state index contributed by atoms with van der Waals surface area (Å²) in [6, 6.07) is 3.96. The number of benzene rings is 1. The molecular formula is C21H28F3N3O4S. The maximum Gasteiger partial charge on any atom is 0.416 e. The Kier molecular flexibility index (Phi) is 9.81. The monoisotopic (exact) mass is 475 g/mol. The third-order valence-electron chi connectivity index (χ3n) is 5.07. The Morgan fingerprint density at radius 2 is 1.75 bits per heavy atom. The van der Waals surface area contributed by atoms with Gasteiger partial charge in [0.05, 0.1) is 11.3 Å². The van der Waals surface area contributed by atoms with Crippen LogP contribution in [0.2, 0.25) is 0 Å². The number of carbonyl (C=O) groups is 1. The number of hydrogen-bond acceptors (Lipinski definition) is 5. The van der Waals surface area contributed by atoms with Crippen molar-refractivity contribution in [3.05, 3.63) is 29.8 Å². The highest BCUT2D eigenvalue weighted by Gasteiger charge is 2.31. The fraction of sp³-hybridized carbons (Fsp3) is 0.571. The van der Waals surface area contributed by atoms with Crippen molar-refractivity contribution in [3.8, 4) is 11.8 Å². The van der Waals surface area contributed by atoms with Crippen LogP contribution >= 0.6 is 0 Å². The molecule has 1 heterocycles. The van der Waals surface area contributed by atoms with E-state index in [2.05, 4.69) is 17.2 Å². The molecule has 32 heavy (non-hydrogen) atoms. The topological polar surface area (TPSA) is 89.9 Å². The molecule has 2 rings (SSSR count). The zero-order valence-corrected chi connectivity index (χ0v) is 18.5. The lowest BCUT2D eigenvalue weighted by Crippen LogP contribution is -2.51. The molecule has 2 N–H and O–H groups in total. The number of carbonyl (C=O) groups excluding carboxylic acids is 1. The molecule has 11 heteroatoms. The highest BCUT2D eigenvalue weighted by Crippen LogP contribution is 2.30. The van der Waals surface area contributed by atoms with Crippen LogP contribution in [0.4, 0.5) is 18.9 Å². The average Bonchev–Trinajstić information content (AvgIpc) is 2.75. The normalized spacial score (nSPS) is 16.2. The molecule has 0 radical (unpaired) electrons. The first kappa shape index (κ1) is 26.0. The van der Waals surface area contributed by atoms with Crippen LogP contribution in [0.15, 0.2) is 24.3 Å². The maximum atomic E-state index is 12.8. The summed E-state index contributed by atoms with van der Waals surface area (Å²) < 4.78 is 65.0. The summed E-state index contributed by atoms with van der Waals surface area (Å²) in [7, 11) is -3.69. The number of unbranched alkanes of at least 4 members (excludes halogenated alkanes) is 3. The van der Waals surface area contributed by atoms with Crippen molar-refractivity contribution in [2.24, 2.45) is 0 Å². The molecule has 1 aliphatic heterocycles. The van der Waals surface area contributed by atoms with Gasteiger partial charge in [-0.15, -0.1) is 5.92 Å². The van der Waals surface area contributed by atoms with Crippen LogP contribution in [0.5, 0.6) is 0 Å². The van der Waals surface area contributed by atoms with E-state index < -0.39 is 27.8 Å². The third-order valence-corrected chi connectivity index (χ3v) is 6.98. The lowest BCUT2D eigenvalue weighted by atomic mass is 10.2. The number of piperazine rings is 1. The van der Waals surface area contributed by atoms with Gasteiger partial charge in [-0.1, -0.05) is 12.3 Å². The highest BCUT2D eigenvalue weighted by atomic mass is 32.2. The number of nitrogens with one attached hydrogen (secondary N) is 1. The Bertz CT molecular complexity index is 888. The summed E-state index contributed by atoms with van der Waals surface area (Å²) in [6.45, 7) is 1.17. The van der Waals surface area contributed by atoms with E-state index in [0.717, 1.165) is 25.0 Å². The number of anilines is 1. The van der Waals surface area contributed by atoms with Crippen LogP contribution in [-0.2, 0) is 21.0 Å². The van der Waals surface area contributed by atoms with Gasteiger partial charge in [-0.3, -0.25) is 4.79 Å². The number of rotatable bonds is 10. The number of sulfonamides is 1. The first-order chi connectivity index (χ1) is 15.2. The van der Waals surface area contributed by atoms with E-state index in [1.165, 1.54) is 16.4 Å². The Morgan fingerprint density at radius 1 is 1.09 bits per heavy atom. The Morgan fingerprint density at radius 3 is 2.31 bits per heavy atom. The summed E-state index contributed by atoms with van der Waals surface area (Å²) in [5.74, 6) is 5.30. The van der Waals surface area contributed by atoms with Gasteiger partial charge in [0.15, 0.2) is 0 Å². The average molecular weight is 476 g/mol. The van der Waals surface area contributed by atoms with Gasteiger partial charge in [-0.25, -0.2) is 8.42 Å². The zero-order valence-electron chi connectivity index (χ0n) is 17.6. The quantitative estimate of drug-likeness (QED) is 0.306.